The van der Waals surface area contributed by atoms with Crippen LogP contribution in [0.15, 0.2) is 18.2 Å². The van der Waals surface area contributed by atoms with Crippen molar-refractivity contribution in [3.63, 3.8) is 0 Å². The minimum absolute atomic E-state index is 0.261. The number of aromatic hydroxyl groups is 1. The number of nitrogens with one attached hydrogen (secondary N) is 1. The highest BCUT2D eigenvalue weighted by Crippen LogP contribution is 2.26. The Morgan fingerprint density at radius 1 is 1.50 bits per heavy atom. The van der Waals surface area contributed by atoms with Crippen LogP contribution in [0.3, 0.4) is 0 Å². The Hall–Kier alpha value is -1.22. The number of ether oxygens (including phenoxy) is 1. The third-order valence-electron chi connectivity index (χ3n) is 2.65. The first-order valence-electron chi connectivity index (χ1n) is 4.86. The molecule has 0 radical (unpaired) electrons. The SMILES string of the molecule is COc1cc(O)ccc1CC1CNC1. The average molecular weight is 193 g/mol. The second-order valence-corrected chi connectivity index (χ2v) is 3.72. The lowest BCUT2D eigenvalue weighted by Crippen LogP contribution is -2.43. The zero-order chi connectivity index (χ0) is 9.97. The van der Waals surface area contributed by atoms with E-state index in [2.05, 4.69) is 5.32 Å². The first-order chi connectivity index (χ1) is 6.79. The predicted octanol–water partition coefficient (Wildman–Crippen LogP) is 1.16. The Bertz CT molecular complexity index is 321. The number of phenolic OH excluding ortho intramolecular Hbond substituents is 1. The van der Waals surface area contributed by atoms with Crippen LogP contribution in [0.5, 0.6) is 11.5 Å². The number of methoxy groups -OCH3 is 1. The molecule has 0 aromatic heterocycles. The molecule has 0 amide bonds. The number of hydrogen-bond donors (Lipinski definition) is 2. The third kappa shape index (κ3) is 1.82. The molecule has 3 nitrogen and oxygen atoms in total. The summed E-state index contributed by atoms with van der Waals surface area (Å²) in [7, 11) is 1.64. The van der Waals surface area contributed by atoms with Gasteiger partial charge in [0.2, 0.25) is 0 Å². The predicted molar refractivity (Wildman–Crippen MR) is 54.7 cm³/mol. The van der Waals surface area contributed by atoms with Crippen LogP contribution in [0.25, 0.3) is 0 Å². The van der Waals surface area contributed by atoms with E-state index in [0.29, 0.717) is 5.92 Å². The molecule has 0 spiro atoms. The van der Waals surface area contributed by atoms with Gasteiger partial charge in [-0.1, -0.05) is 6.07 Å². The Morgan fingerprint density at radius 2 is 2.29 bits per heavy atom. The molecule has 2 rings (SSSR count). The topological polar surface area (TPSA) is 41.5 Å². The van der Waals surface area contributed by atoms with Crippen molar-refractivity contribution >= 4 is 0 Å². The minimum Gasteiger partial charge on any atom is -0.508 e. The maximum atomic E-state index is 9.28. The van der Waals surface area contributed by atoms with E-state index in [4.69, 9.17) is 4.74 Å². The van der Waals surface area contributed by atoms with Crippen LogP contribution in [0.2, 0.25) is 0 Å². The summed E-state index contributed by atoms with van der Waals surface area (Å²) in [5.74, 6) is 1.77. The third-order valence-corrected chi connectivity index (χ3v) is 2.65. The van der Waals surface area contributed by atoms with Gasteiger partial charge >= 0.3 is 0 Å². The standard InChI is InChI=1S/C11H15NO2/c1-14-11-5-10(13)3-2-9(11)4-8-6-12-7-8/h2-3,5,8,12-13H,4,6-7H2,1H3. The van der Waals surface area contributed by atoms with Gasteiger partial charge in [-0.05, 0) is 37.1 Å². The maximum Gasteiger partial charge on any atom is 0.125 e. The molecule has 76 valence electrons. The van der Waals surface area contributed by atoms with E-state index < -0.39 is 0 Å². The summed E-state index contributed by atoms with van der Waals surface area (Å²) in [5.41, 5.74) is 1.18. The smallest absolute Gasteiger partial charge is 0.125 e. The average Bonchev–Trinajstić information content (AvgIpc) is 2.13. The first kappa shape index (κ1) is 9.34. The number of rotatable bonds is 3. The summed E-state index contributed by atoms with van der Waals surface area (Å²) in [5, 5.41) is 12.5. The van der Waals surface area contributed by atoms with Crippen LogP contribution in [-0.4, -0.2) is 25.3 Å². The van der Waals surface area contributed by atoms with Crippen molar-refractivity contribution in [1.82, 2.24) is 5.32 Å². The molecule has 1 aromatic carbocycles. The molecule has 1 fully saturated rings. The van der Waals surface area contributed by atoms with Crippen LogP contribution in [0.4, 0.5) is 0 Å². The van der Waals surface area contributed by atoms with Gasteiger partial charge in [-0.3, -0.25) is 0 Å². The highest BCUT2D eigenvalue weighted by molar-refractivity contribution is 5.40. The Balaban J connectivity index is 2.14. The van der Waals surface area contributed by atoms with E-state index in [-0.39, 0.29) is 5.75 Å². The fourth-order valence-electron chi connectivity index (χ4n) is 1.71. The van der Waals surface area contributed by atoms with Gasteiger partial charge in [0.1, 0.15) is 11.5 Å². The summed E-state index contributed by atoms with van der Waals surface area (Å²) in [4.78, 5) is 0. The van der Waals surface area contributed by atoms with Crippen LogP contribution in [0, 0.1) is 5.92 Å². The molecule has 0 atom stereocenters. The van der Waals surface area contributed by atoms with Gasteiger partial charge in [-0.2, -0.15) is 0 Å². The van der Waals surface area contributed by atoms with E-state index in [1.807, 2.05) is 6.07 Å². The Morgan fingerprint density at radius 3 is 2.86 bits per heavy atom. The molecular formula is C11H15NO2. The van der Waals surface area contributed by atoms with Gasteiger partial charge in [0.15, 0.2) is 0 Å². The summed E-state index contributed by atoms with van der Waals surface area (Å²) in [6.45, 7) is 2.17. The fourth-order valence-corrected chi connectivity index (χ4v) is 1.71. The minimum atomic E-state index is 0.261. The lowest BCUT2D eigenvalue weighted by molar-refractivity contribution is 0.338. The van der Waals surface area contributed by atoms with Crippen LogP contribution >= 0.6 is 0 Å². The van der Waals surface area contributed by atoms with E-state index in [0.717, 1.165) is 25.3 Å². The molecule has 1 aliphatic rings. The lowest BCUT2D eigenvalue weighted by Gasteiger charge is -2.27. The summed E-state index contributed by atoms with van der Waals surface area (Å²) >= 11 is 0. The second kappa shape index (κ2) is 3.88. The molecule has 0 unspecified atom stereocenters. The number of benzene rings is 1. The Labute approximate surface area is 83.7 Å². The van der Waals surface area contributed by atoms with Crippen molar-refractivity contribution < 1.29 is 9.84 Å². The van der Waals surface area contributed by atoms with Gasteiger partial charge in [0.05, 0.1) is 7.11 Å². The maximum absolute atomic E-state index is 9.28. The number of phenols is 1. The zero-order valence-corrected chi connectivity index (χ0v) is 8.29. The summed E-state index contributed by atoms with van der Waals surface area (Å²) in [6.07, 6.45) is 1.02. The molecule has 14 heavy (non-hydrogen) atoms. The van der Waals surface area contributed by atoms with Crippen molar-refractivity contribution in [1.29, 1.82) is 0 Å². The molecule has 1 aromatic rings. The molecule has 0 bridgehead atoms. The monoisotopic (exact) mass is 193 g/mol. The van der Waals surface area contributed by atoms with Crippen molar-refractivity contribution in [2.45, 2.75) is 6.42 Å². The molecule has 1 aliphatic heterocycles. The zero-order valence-electron chi connectivity index (χ0n) is 8.29. The molecule has 0 aliphatic carbocycles. The van der Waals surface area contributed by atoms with Gasteiger partial charge in [0.25, 0.3) is 0 Å². The lowest BCUT2D eigenvalue weighted by atomic mass is 9.94. The summed E-state index contributed by atoms with van der Waals surface area (Å²) in [6, 6.07) is 5.32. The highest BCUT2D eigenvalue weighted by Gasteiger charge is 2.18. The normalized spacial score (nSPS) is 16.4. The molecule has 1 heterocycles. The molecule has 3 heteroatoms. The molecule has 1 saturated heterocycles. The van der Waals surface area contributed by atoms with E-state index in [1.54, 1.807) is 19.2 Å². The van der Waals surface area contributed by atoms with Crippen molar-refractivity contribution in [2.75, 3.05) is 20.2 Å². The van der Waals surface area contributed by atoms with E-state index >= 15 is 0 Å². The van der Waals surface area contributed by atoms with Gasteiger partial charge in [0, 0.05) is 6.07 Å². The number of hydrogen-bond acceptors (Lipinski definition) is 3. The molecule has 2 N–H and O–H groups in total. The molecular weight excluding hydrogens is 178 g/mol. The van der Waals surface area contributed by atoms with Crippen molar-refractivity contribution in [3.8, 4) is 11.5 Å². The van der Waals surface area contributed by atoms with Crippen molar-refractivity contribution in [3.05, 3.63) is 23.8 Å². The van der Waals surface area contributed by atoms with Crippen LogP contribution in [0.1, 0.15) is 5.56 Å². The van der Waals surface area contributed by atoms with Crippen LogP contribution < -0.4 is 10.1 Å². The first-order valence-corrected chi connectivity index (χ1v) is 4.86. The van der Waals surface area contributed by atoms with Crippen molar-refractivity contribution in [2.24, 2.45) is 5.92 Å². The highest BCUT2D eigenvalue weighted by atomic mass is 16.5. The fraction of sp³-hybridized carbons (Fsp3) is 0.455. The Kier molecular flexibility index (Phi) is 2.59. The van der Waals surface area contributed by atoms with E-state index in [9.17, 15) is 5.11 Å². The summed E-state index contributed by atoms with van der Waals surface area (Å²) < 4.78 is 5.22. The second-order valence-electron chi connectivity index (χ2n) is 3.72. The quantitative estimate of drug-likeness (QED) is 0.757. The van der Waals surface area contributed by atoms with Crippen LogP contribution in [-0.2, 0) is 6.42 Å². The van der Waals surface area contributed by atoms with Gasteiger partial charge < -0.3 is 15.2 Å². The van der Waals surface area contributed by atoms with Gasteiger partial charge in [-0.15, -0.1) is 0 Å². The van der Waals surface area contributed by atoms with E-state index in [1.165, 1.54) is 5.56 Å². The van der Waals surface area contributed by atoms with Gasteiger partial charge in [-0.25, -0.2) is 0 Å². The largest absolute Gasteiger partial charge is 0.508 e. The molecule has 0 saturated carbocycles.